The summed E-state index contributed by atoms with van der Waals surface area (Å²) in [5.74, 6) is -2.29. The predicted molar refractivity (Wildman–Crippen MR) is 150 cm³/mol. The highest BCUT2D eigenvalue weighted by Gasteiger charge is 2.20. The zero-order valence-corrected chi connectivity index (χ0v) is 23.5. The van der Waals surface area contributed by atoms with Gasteiger partial charge in [0.05, 0.1) is 50.2 Å². The van der Waals surface area contributed by atoms with Crippen molar-refractivity contribution in [1.82, 2.24) is 19.7 Å². The third-order valence-corrected chi connectivity index (χ3v) is 6.87. The molecule has 0 saturated heterocycles. The number of benzene rings is 2. The molecule has 0 spiro atoms. The fourth-order valence-electron chi connectivity index (χ4n) is 4.27. The van der Waals surface area contributed by atoms with Crippen molar-refractivity contribution in [3.05, 3.63) is 71.1 Å². The fourth-order valence-corrected chi connectivity index (χ4v) is 4.54. The molecule has 0 unspecified atom stereocenters. The second kappa shape index (κ2) is 12.9. The lowest BCUT2D eigenvalue weighted by atomic mass is 10.1. The van der Waals surface area contributed by atoms with Gasteiger partial charge >= 0.3 is 0 Å². The van der Waals surface area contributed by atoms with E-state index in [0.717, 1.165) is 13.0 Å². The molecule has 13 heteroatoms. The molecular weight excluding hydrogens is 558 g/mol. The van der Waals surface area contributed by atoms with Crippen LogP contribution in [-0.2, 0) is 9.53 Å². The van der Waals surface area contributed by atoms with E-state index < -0.39 is 11.6 Å². The largest absolute Gasteiger partial charge is 0.494 e. The summed E-state index contributed by atoms with van der Waals surface area (Å²) in [6, 6.07) is 7.64. The summed E-state index contributed by atoms with van der Waals surface area (Å²) in [5.41, 5.74) is 1.58. The molecule has 1 amide bonds. The average molecular weight is 588 g/mol. The van der Waals surface area contributed by atoms with Crippen molar-refractivity contribution >= 4 is 41.1 Å². The maximum absolute atomic E-state index is 14.8. The Balaban J connectivity index is 1.43. The van der Waals surface area contributed by atoms with Gasteiger partial charge < -0.3 is 24.6 Å². The Labute approximate surface area is 240 Å². The fraction of sp³-hybridized carbons (Fsp3) is 0.286. The highest BCUT2D eigenvalue weighted by Crippen LogP contribution is 2.32. The maximum Gasteiger partial charge on any atom is 0.293 e. The van der Waals surface area contributed by atoms with E-state index in [1.165, 1.54) is 31.6 Å². The predicted octanol–water partition coefficient (Wildman–Crippen LogP) is 4.45. The van der Waals surface area contributed by atoms with E-state index in [9.17, 15) is 18.4 Å². The van der Waals surface area contributed by atoms with Gasteiger partial charge in [-0.15, -0.1) is 0 Å². The summed E-state index contributed by atoms with van der Waals surface area (Å²) in [5, 5.41) is 6.23. The number of likely N-dealkylation sites (N-methyl/N-ethyl adjacent to an activating group) is 1. The molecule has 0 fully saturated rings. The number of carbonyl (C=O) groups is 2. The van der Waals surface area contributed by atoms with Gasteiger partial charge in [-0.2, -0.15) is 4.39 Å². The Morgan fingerprint density at radius 1 is 1.15 bits per heavy atom. The number of hydrogen-bond acceptors (Lipinski definition) is 7. The van der Waals surface area contributed by atoms with Gasteiger partial charge in [0.1, 0.15) is 13.2 Å². The number of hydrogen-bond donors (Lipinski definition) is 2. The van der Waals surface area contributed by atoms with Crippen LogP contribution in [0.5, 0.6) is 5.75 Å². The lowest BCUT2D eigenvalue weighted by molar-refractivity contribution is -0.890. The van der Waals surface area contributed by atoms with Crippen LogP contribution < -0.4 is 15.4 Å². The van der Waals surface area contributed by atoms with Crippen molar-refractivity contribution in [2.75, 3.05) is 52.8 Å². The van der Waals surface area contributed by atoms with Gasteiger partial charge in [-0.1, -0.05) is 11.6 Å². The first-order valence-electron chi connectivity index (χ1n) is 12.7. The molecule has 0 aliphatic heterocycles. The van der Waals surface area contributed by atoms with Gasteiger partial charge in [0.25, 0.3) is 12.4 Å². The highest BCUT2D eigenvalue weighted by atomic mass is 35.5. The molecule has 0 aliphatic rings. The van der Waals surface area contributed by atoms with E-state index in [0.29, 0.717) is 59.1 Å². The first kappa shape index (κ1) is 29.7. The molecule has 41 heavy (non-hydrogen) atoms. The van der Waals surface area contributed by atoms with Crippen LogP contribution in [0.2, 0.25) is 5.02 Å². The number of ether oxygens (including phenoxy) is 2. The SMILES string of the molecule is COc1ccc(-c2cnc3c(Nc4ccc(C(=O)NCCC[N+](C)(C)CCOC=O)c(Cl)c4)nccn23)c(F)c1F. The third-order valence-electron chi connectivity index (χ3n) is 6.56. The van der Waals surface area contributed by atoms with E-state index in [-0.39, 0.29) is 22.2 Å². The van der Waals surface area contributed by atoms with Crippen molar-refractivity contribution in [2.45, 2.75) is 6.42 Å². The molecule has 4 rings (SSSR count). The van der Waals surface area contributed by atoms with Gasteiger partial charge in [-0.25, -0.2) is 14.4 Å². The number of quaternary nitrogens is 1. The third kappa shape index (κ3) is 6.90. The minimum absolute atomic E-state index is 0.0146. The van der Waals surface area contributed by atoms with Gasteiger partial charge in [-0.3, -0.25) is 14.0 Å². The molecule has 216 valence electrons. The number of imidazole rings is 1. The Bertz CT molecular complexity index is 1560. The Morgan fingerprint density at radius 2 is 1.95 bits per heavy atom. The normalized spacial score (nSPS) is 11.4. The number of anilines is 2. The minimum atomic E-state index is -1.09. The first-order chi connectivity index (χ1) is 19.6. The molecule has 2 aromatic heterocycles. The van der Waals surface area contributed by atoms with E-state index in [4.69, 9.17) is 21.1 Å². The number of nitrogens with zero attached hydrogens (tertiary/aromatic N) is 4. The van der Waals surface area contributed by atoms with Crippen molar-refractivity contribution < 1.29 is 32.3 Å². The van der Waals surface area contributed by atoms with Crippen LogP contribution in [0.15, 0.2) is 48.9 Å². The second-order valence-electron chi connectivity index (χ2n) is 9.84. The minimum Gasteiger partial charge on any atom is -0.494 e. The molecule has 0 atom stereocenters. The average Bonchev–Trinajstić information content (AvgIpc) is 3.37. The second-order valence-corrected chi connectivity index (χ2v) is 10.2. The Hall–Kier alpha value is -4.29. The standard InChI is InChI=1S/C28H29ClF2N6O4/c1-37(2,13-14-41-17-38)12-4-9-33-28(39)19-6-5-18(15-21(19)29)35-26-27-34-16-22(36(27)11-10-32-26)20-7-8-23(40-3)25(31)24(20)30/h5-8,10-11,15-17H,4,9,12-14H2,1-3H3,(H-,32,33,35,39)/p+1. The monoisotopic (exact) mass is 587 g/mol. The zero-order chi connectivity index (χ0) is 29.6. The summed E-state index contributed by atoms with van der Waals surface area (Å²) in [6.45, 7) is 2.69. The Morgan fingerprint density at radius 3 is 2.68 bits per heavy atom. The summed E-state index contributed by atoms with van der Waals surface area (Å²) >= 11 is 6.43. The molecule has 0 saturated carbocycles. The number of fused-ring (bicyclic) bond motifs is 1. The molecule has 2 N–H and O–H groups in total. The highest BCUT2D eigenvalue weighted by molar-refractivity contribution is 6.34. The summed E-state index contributed by atoms with van der Waals surface area (Å²) < 4.78 is 40.9. The molecular formula is C28H30ClF2N6O4+. The van der Waals surface area contributed by atoms with Crippen LogP contribution in [-0.4, -0.2) is 78.7 Å². The van der Waals surface area contributed by atoms with Crippen molar-refractivity contribution in [3.63, 3.8) is 0 Å². The van der Waals surface area contributed by atoms with Crippen LogP contribution in [0, 0.1) is 11.6 Å². The van der Waals surface area contributed by atoms with Crippen molar-refractivity contribution in [2.24, 2.45) is 0 Å². The van der Waals surface area contributed by atoms with Crippen LogP contribution in [0.1, 0.15) is 16.8 Å². The van der Waals surface area contributed by atoms with Gasteiger partial charge in [0.15, 0.2) is 23.0 Å². The van der Waals surface area contributed by atoms with Crippen LogP contribution in [0.3, 0.4) is 0 Å². The van der Waals surface area contributed by atoms with Crippen LogP contribution in [0.25, 0.3) is 16.9 Å². The van der Waals surface area contributed by atoms with Crippen molar-refractivity contribution in [3.8, 4) is 17.0 Å². The molecule has 0 radical (unpaired) electrons. The number of carbonyl (C=O) groups excluding carboxylic acids is 2. The zero-order valence-electron chi connectivity index (χ0n) is 22.8. The molecule has 2 aromatic carbocycles. The molecule has 0 aliphatic carbocycles. The van der Waals surface area contributed by atoms with Crippen LogP contribution >= 0.6 is 11.6 Å². The van der Waals surface area contributed by atoms with Crippen LogP contribution in [0.4, 0.5) is 20.3 Å². The first-order valence-corrected chi connectivity index (χ1v) is 13.1. The van der Waals surface area contributed by atoms with Gasteiger partial charge in [-0.05, 0) is 30.3 Å². The van der Waals surface area contributed by atoms with Crippen molar-refractivity contribution in [1.29, 1.82) is 0 Å². The van der Waals surface area contributed by atoms with E-state index >= 15 is 0 Å². The number of halogens is 3. The van der Waals surface area contributed by atoms with Gasteiger partial charge in [0, 0.05) is 36.6 Å². The lowest BCUT2D eigenvalue weighted by Gasteiger charge is -2.29. The smallest absolute Gasteiger partial charge is 0.293 e. The topological polar surface area (TPSA) is 107 Å². The number of rotatable bonds is 13. The molecule has 0 bridgehead atoms. The van der Waals surface area contributed by atoms with E-state index in [1.54, 1.807) is 28.8 Å². The molecule has 10 nitrogen and oxygen atoms in total. The quantitative estimate of drug-likeness (QED) is 0.135. The number of amides is 1. The molecule has 2 heterocycles. The van der Waals surface area contributed by atoms with E-state index in [2.05, 4.69) is 20.6 Å². The molecule has 4 aromatic rings. The number of nitrogens with one attached hydrogen (secondary N) is 2. The number of aromatic nitrogens is 3. The van der Waals surface area contributed by atoms with E-state index in [1.807, 2.05) is 14.1 Å². The van der Waals surface area contributed by atoms with Gasteiger partial charge in [0.2, 0.25) is 5.82 Å². The summed E-state index contributed by atoms with van der Waals surface area (Å²) in [6.07, 6.45) is 5.24. The number of methoxy groups -OCH3 is 1. The summed E-state index contributed by atoms with van der Waals surface area (Å²) in [7, 11) is 5.31. The Kier molecular flexibility index (Phi) is 9.35. The summed E-state index contributed by atoms with van der Waals surface area (Å²) in [4.78, 5) is 31.7. The maximum atomic E-state index is 14.8. The lowest BCUT2D eigenvalue weighted by Crippen LogP contribution is -2.44.